The van der Waals surface area contributed by atoms with Crippen LogP contribution in [-0.4, -0.2) is 63.8 Å². The Morgan fingerprint density at radius 1 is 0.717 bits per heavy atom. The van der Waals surface area contributed by atoms with E-state index < -0.39 is 0 Å². The predicted octanol–water partition coefficient (Wildman–Crippen LogP) is 5.92. The SMILES string of the molecule is CC.Cc1ccn(C)n1.Cc1ccnn1C.Cc1cn(C)cn1.Cc1nc2ccccc2[nH]1.Cc1nccn1C.Cc1ncn[nH]1. The molecule has 6 aromatic heterocycles. The molecule has 0 unspecified atom stereocenters. The lowest BCUT2D eigenvalue weighted by Crippen LogP contribution is -1.90. The van der Waals surface area contributed by atoms with E-state index in [0.29, 0.717) is 0 Å². The average molecular weight is 630 g/mol. The topological polar surface area (TPSA) is 142 Å². The minimum absolute atomic E-state index is 0.856. The number of hydrogen-bond acceptors (Lipinski definition) is 7. The van der Waals surface area contributed by atoms with E-state index in [1.807, 2.05) is 152 Å². The van der Waals surface area contributed by atoms with Crippen LogP contribution in [0.5, 0.6) is 0 Å². The van der Waals surface area contributed by atoms with Gasteiger partial charge in [-0.3, -0.25) is 14.5 Å². The van der Waals surface area contributed by atoms with Gasteiger partial charge in [0.05, 0.1) is 28.7 Å². The number of imidazole rings is 3. The Labute approximate surface area is 272 Å². The van der Waals surface area contributed by atoms with Crippen LogP contribution in [0.3, 0.4) is 0 Å². The zero-order valence-corrected chi connectivity index (χ0v) is 29.4. The standard InChI is InChI=1S/C8H8N2.4C5H8N2.C3H5N3.C2H6/c1-6-9-7-4-2-3-5-8(7)10-6;1-5-3-7(2)4-6-5;1-5-6-3-4-7(5)2;1-5-3-4-7(2)6-5;1-5-3-4-6-7(5)2;1-3-4-2-5-6-3;1-2/h2-5H,1H3,(H,9,10);4*3-4H,1-2H3;2H,1H3,(H,4,5,6);1-2H3. The maximum Gasteiger partial charge on any atom is 0.137 e. The quantitative estimate of drug-likeness (QED) is 0.212. The van der Waals surface area contributed by atoms with Crippen molar-refractivity contribution in [3.8, 4) is 0 Å². The molecule has 2 N–H and O–H groups in total. The lowest BCUT2D eigenvalue weighted by atomic mass is 10.3. The van der Waals surface area contributed by atoms with Crippen molar-refractivity contribution in [2.24, 2.45) is 28.2 Å². The molecule has 0 saturated carbocycles. The molecule has 0 spiro atoms. The monoisotopic (exact) mass is 629 g/mol. The third kappa shape index (κ3) is 15.9. The summed E-state index contributed by atoms with van der Waals surface area (Å²) in [5, 5.41) is 14.2. The van der Waals surface area contributed by atoms with Gasteiger partial charge in [0.25, 0.3) is 0 Å². The first-order valence-electron chi connectivity index (χ1n) is 15.0. The van der Waals surface area contributed by atoms with Crippen molar-refractivity contribution < 1.29 is 0 Å². The number of nitrogens with zero attached hydrogens (tertiary/aromatic N) is 11. The first kappa shape index (κ1) is 38.7. The van der Waals surface area contributed by atoms with E-state index in [0.717, 1.165) is 39.9 Å². The van der Waals surface area contributed by atoms with E-state index in [9.17, 15) is 0 Å². The molecule has 0 aliphatic rings. The van der Waals surface area contributed by atoms with Crippen molar-refractivity contribution in [2.45, 2.75) is 55.4 Å². The molecule has 0 atom stereocenters. The lowest BCUT2D eigenvalue weighted by Gasteiger charge is -1.87. The third-order valence-electron chi connectivity index (χ3n) is 5.85. The number of aromatic nitrogens is 13. The number of aromatic amines is 2. The first-order chi connectivity index (χ1) is 21.9. The van der Waals surface area contributed by atoms with E-state index in [-0.39, 0.29) is 0 Å². The second-order valence-corrected chi connectivity index (χ2v) is 9.90. The van der Waals surface area contributed by atoms with Gasteiger partial charge in [-0.15, -0.1) is 0 Å². The highest BCUT2D eigenvalue weighted by molar-refractivity contribution is 5.74. The van der Waals surface area contributed by atoms with Crippen LogP contribution >= 0.6 is 0 Å². The molecule has 46 heavy (non-hydrogen) atoms. The molecule has 248 valence electrons. The molecular formula is C33H51N13. The fourth-order valence-electron chi connectivity index (χ4n) is 3.30. The summed E-state index contributed by atoms with van der Waals surface area (Å²) in [6, 6.07) is 12.0. The summed E-state index contributed by atoms with van der Waals surface area (Å²) in [5.41, 5.74) is 5.49. The van der Waals surface area contributed by atoms with Crippen LogP contribution in [-0.2, 0) is 28.2 Å². The Balaban J connectivity index is 0.000000275. The number of para-hydroxylation sites is 2. The second kappa shape index (κ2) is 21.4. The molecule has 7 rings (SSSR count). The van der Waals surface area contributed by atoms with Crippen LogP contribution in [0.15, 0.2) is 80.0 Å². The predicted molar refractivity (Wildman–Crippen MR) is 185 cm³/mol. The second-order valence-electron chi connectivity index (χ2n) is 9.90. The van der Waals surface area contributed by atoms with Gasteiger partial charge in [-0.25, -0.2) is 19.9 Å². The van der Waals surface area contributed by atoms with Gasteiger partial charge < -0.3 is 14.1 Å². The van der Waals surface area contributed by atoms with E-state index in [4.69, 9.17) is 0 Å². The fraction of sp³-hybridized carbons (Fsp3) is 0.364. The van der Waals surface area contributed by atoms with Crippen molar-refractivity contribution in [2.75, 3.05) is 0 Å². The van der Waals surface area contributed by atoms with Crippen molar-refractivity contribution in [3.63, 3.8) is 0 Å². The van der Waals surface area contributed by atoms with Crippen LogP contribution in [0, 0.1) is 41.5 Å². The Morgan fingerprint density at radius 2 is 1.43 bits per heavy atom. The van der Waals surface area contributed by atoms with Gasteiger partial charge >= 0.3 is 0 Å². The van der Waals surface area contributed by atoms with E-state index >= 15 is 0 Å². The van der Waals surface area contributed by atoms with Crippen LogP contribution in [0.2, 0.25) is 0 Å². The van der Waals surface area contributed by atoms with Crippen molar-refractivity contribution >= 4 is 11.0 Å². The highest BCUT2D eigenvalue weighted by atomic mass is 15.3. The average Bonchev–Trinajstić information content (AvgIpc) is 3.90. The van der Waals surface area contributed by atoms with Gasteiger partial charge in [-0.1, -0.05) is 26.0 Å². The molecule has 0 amide bonds. The number of rotatable bonds is 0. The number of fused-ring (bicyclic) bond motifs is 1. The summed E-state index contributed by atoms with van der Waals surface area (Å²) in [4.78, 5) is 19.1. The minimum Gasteiger partial charge on any atom is -0.342 e. The smallest absolute Gasteiger partial charge is 0.137 e. The zero-order chi connectivity index (χ0) is 34.5. The summed E-state index contributed by atoms with van der Waals surface area (Å²) >= 11 is 0. The Hall–Kier alpha value is -5.33. The maximum atomic E-state index is 4.26. The largest absolute Gasteiger partial charge is 0.342 e. The Kier molecular flexibility index (Phi) is 18.0. The maximum absolute atomic E-state index is 4.26. The number of hydrogen-bond donors (Lipinski definition) is 2. The van der Waals surface area contributed by atoms with Gasteiger partial charge in [-0.05, 0) is 65.8 Å². The van der Waals surface area contributed by atoms with Gasteiger partial charge in [0.15, 0.2) is 0 Å². The summed E-state index contributed by atoms with van der Waals surface area (Å²) in [6.45, 7) is 15.8. The van der Waals surface area contributed by atoms with Crippen LogP contribution in [0.4, 0.5) is 0 Å². The Bertz CT molecular complexity index is 1550. The minimum atomic E-state index is 0.856. The van der Waals surface area contributed by atoms with Gasteiger partial charge in [0, 0.05) is 64.9 Å². The van der Waals surface area contributed by atoms with Crippen LogP contribution < -0.4 is 0 Å². The molecule has 0 bridgehead atoms. The molecule has 7 aromatic rings. The molecule has 0 radical (unpaired) electrons. The number of aryl methyl sites for hydroxylation is 10. The van der Waals surface area contributed by atoms with Crippen molar-refractivity contribution in [1.82, 2.24) is 63.8 Å². The lowest BCUT2D eigenvalue weighted by molar-refractivity contribution is 0.740. The number of nitrogens with one attached hydrogen (secondary N) is 2. The Morgan fingerprint density at radius 3 is 1.72 bits per heavy atom. The summed E-state index contributed by atoms with van der Waals surface area (Å²) in [5.74, 6) is 2.89. The molecule has 13 heteroatoms. The molecule has 0 fully saturated rings. The van der Waals surface area contributed by atoms with Crippen molar-refractivity contribution in [3.05, 3.63) is 115 Å². The highest BCUT2D eigenvalue weighted by Gasteiger charge is 1.94. The van der Waals surface area contributed by atoms with Crippen molar-refractivity contribution in [1.29, 1.82) is 0 Å². The number of H-pyrrole nitrogens is 2. The van der Waals surface area contributed by atoms with Crippen LogP contribution in [0.1, 0.15) is 48.4 Å². The molecule has 1 aromatic carbocycles. The van der Waals surface area contributed by atoms with Gasteiger partial charge in [0.2, 0.25) is 0 Å². The van der Waals surface area contributed by atoms with E-state index in [1.165, 1.54) is 12.0 Å². The molecule has 0 saturated heterocycles. The molecule has 0 aliphatic heterocycles. The van der Waals surface area contributed by atoms with Gasteiger partial charge in [-0.2, -0.15) is 15.3 Å². The summed E-state index contributed by atoms with van der Waals surface area (Å²) < 4.78 is 7.52. The van der Waals surface area contributed by atoms with E-state index in [2.05, 4.69) is 45.3 Å². The van der Waals surface area contributed by atoms with Crippen LogP contribution in [0.25, 0.3) is 11.0 Å². The fourth-order valence-corrected chi connectivity index (χ4v) is 3.30. The van der Waals surface area contributed by atoms with Gasteiger partial charge in [0.1, 0.15) is 23.8 Å². The zero-order valence-electron chi connectivity index (χ0n) is 29.4. The normalized spacial score (nSPS) is 9.30. The third-order valence-corrected chi connectivity index (χ3v) is 5.85. The summed E-state index contributed by atoms with van der Waals surface area (Å²) in [7, 11) is 7.77. The molecule has 6 heterocycles. The highest BCUT2D eigenvalue weighted by Crippen LogP contribution is 2.08. The van der Waals surface area contributed by atoms with E-state index in [1.54, 1.807) is 23.4 Å². The first-order valence-corrected chi connectivity index (χ1v) is 15.0. The molecular weight excluding hydrogens is 578 g/mol. The number of benzene rings is 1. The summed E-state index contributed by atoms with van der Waals surface area (Å²) in [6.07, 6.45) is 12.7. The molecule has 13 nitrogen and oxygen atoms in total. The molecule has 0 aliphatic carbocycles.